The van der Waals surface area contributed by atoms with Crippen LogP contribution < -0.4 is 0 Å². The minimum absolute atomic E-state index is 0.0184. The molecule has 1 atom stereocenters. The Morgan fingerprint density at radius 1 is 0.562 bits per heavy atom. The van der Waals surface area contributed by atoms with E-state index in [1.165, 1.54) is 0 Å². The Labute approximate surface area is 166 Å². The number of aliphatic hydroxyl groups is 1. The predicted octanol–water partition coefficient (Wildman–Crippen LogP) is 6.48. The molecule has 0 saturated carbocycles. The minimum atomic E-state index is -8.37. The van der Waals surface area contributed by atoms with E-state index in [0.29, 0.717) is 0 Å². The second kappa shape index (κ2) is 8.50. The summed E-state index contributed by atoms with van der Waals surface area (Å²) in [7, 11) is 0. The van der Waals surface area contributed by atoms with Gasteiger partial charge in [0, 0.05) is 12.8 Å². The highest BCUT2D eigenvalue weighted by atomic mass is 19.4. The maximum Gasteiger partial charge on any atom is 0.428 e. The van der Waals surface area contributed by atoms with Crippen LogP contribution in [-0.4, -0.2) is 59.2 Å². The first-order valence-corrected chi connectivity index (χ1v) is 7.70. The average molecular weight is 522 g/mol. The fourth-order valence-electron chi connectivity index (χ4n) is 1.96. The summed E-state index contributed by atoms with van der Waals surface area (Å²) in [4.78, 5) is 0. The van der Waals surface area contributed by atoms with E-state index in [9.17, 15) is 74.6 Å². The van der Waals surface area contributed by atoms with Crippen LogP contribution in [0.25, 0.3) is 0 Å². The van der Waals surface area contributed by atoms with Crippen molar-refractivity contribution in [1.29, 1.82) is 0 Å². The molecule has 1 N–H and O–H groups in total. The molecule has 0 heterocycles. The SMILES string of the molecule is CC(O)OC(F)(F)C(F)(F)C(F)(F)C(F)(F)C(F)(F)C(F)(F)C(F)(F)CCCC(F)(F)F. The van der Waals surface area contributed by atoms with E-state index < -0.39 is 73.4 Å². The van der Waals surface area contributed by atoms with Gasteiger partial charge < -0.3 is 5.11 Å². The number of ether oxygens (including phenoxy) is 1. The normalized spacial score (nSPS) is 17.0. The van der Waals surface area contributed by atoms with Gasteiger partial charge in [-0.25, -0.2) is 0 Å². The van der Waals surface area contributed by atoms with E-state index >= 15 is 0 Å². The van der Waals surface area contributed by atoms with Gasteiger partial charge in [0.15, 0.2) is 6.29 Å². The first kappa shape index (κ1) is 30.7. The number of halogens is 17. The van der Waals surface area contributed by atoms with E-state index in [4.69, 9.17) is 5.11 Å². The molecule has 0 bridgehead atoms. The van der Waals surface area contributed by atoms with Crippen molar-refractivity contribution in [1.82, 2.24) is 0 Å². The van der Waals surface area contributed by atoms with Crippen LogP contribution >= 0.6 is 0 Å². The van der Waals surface area contributed by atoms with Crippen molar-refractivity contribution in [3.8, 4) is 0 Å². The Balaban J connectivity index is 6.29. The van der Waals surface area contributed by atoms with Crippen molar-refractivity contribution >= 4 is 0 Å². The fourth-order valence-corrected chi connectivity index (χ4v) is 1.96. The molecule has 194 valence electrons. The van der Waals surface area contributed by atoms with E-state index in [1.807, 2.05) is 0 Å². The van der Waals surface area contributed by atoms with Crippen molar-refractivity contribution in [3.05, 3.63) is 0 Å². The summed E-state index contributed by atoms with van der Waals surface area (Å²) in [5.41, 5.74) is 0. The van der Waals surface area contributed by atoms with Crippen molar-refractivity contribution in [3.63, 3.8) is 0 Å². The molecule has 0 radical (unpaired) electrons. The number of hydrogen-bond donors (Lipinski definition) is 1. The molecular formula is C13H11F17O2. The van der Waals surface area contributed by atoms with Gasteiger partial charge >= 0.3 is 47.8 Å². The lowest BCUT2D eigenvalue weighted by Gasteiger charge is -2.42. The molecule has 0 aromatic carbocycles. The molecule has 19 heteroatoms. The monoisotopic (exact) mass is 522 g/mol. The van der Waals surface area contributed by atoms with Crippen LogP contribution in [0.3, 0.4) is 0 Å². The third-order valence-electron chi connectivity index (χ3n) is 3.67. The second-order valence-corrected chi connectivity index (χ2v) is 6.28. The summed E-state index contributed by atoms with van der Waals surface area (Å²) in [6.07, 6.45) is -22.8. The third kappa shape index (κ3) is 5.11. The van der Waals surface area contributed by atoms with Gasteiger partial charge in [-0.1, -0.05) is 0 Å². The number of rotatable bonds is 11. The Morgan fingerprint density at radius 2 is 0.906 bits per heavy atom. The molecule has 0 aromatic rings. The molecule has 0 amide bonds. The lowest BCUT2D eigenvalue weighted by atomic mass is 9.89. The zero-order valence-corrected chi connectivity index (χ0v) is 15.0. The lowest BCUT2D eigenvalue weighted by Crippen LogP contribution is -2.73. The van der Waals surface area contributed by atoms with Gasteiger partial charge in [0.25, 0.3) is 0 Å². The average Bonchev–Trinajstić information content (AvgIpc) is 2.50. The second-order valence-electron chi connectivity index (χ2n) is 6.28. The zero-order chi connectivity index (χ0) is 26.4. The predicted molar refractivity (Wildman–Crippen MR) is 67.3 cm³/mol. The van der Waals surface area contributed by atoms with Crippen molar-refractivity contribution in [2.24, 2.45) is 0 Å². The number of hydrogen-bond acceptors (Lipinski definition) is 2. The topological polar surface area (TPSA) is 29.5 Å². The molecule has 0 aromatic heterocycles. The molecule has 0 aliphatic rings. The molecule has 0 aliphatic heterocycles. The molecule has 0 saturated heterocycles. The van der Waals surface area contributed by atoms with Crippen LogP contribution in [0.4, 0.5) is 74.6 Å². The van der Waals surface area contributed by atoms with Gasteiger partial charge in [-0.2, -0.15) is 74.6 Å². The van der Waals surface area contributed by atoms with E-state index in [1.54, 1.807) is 0 Å². The molecular weight excluding hydrogens is 511 g/mol. The smallest absolute Gasteiger partial charge is 0.368 e. The van der Waals surface area contributed by atoms with E-state index in [0.717, 1.165) is 0 Å². The summed E-state index contributed by atoms with van der Waals surface area (Å²) in [6.45, 7) is 0.0184. The van der Waals surface area contributed by atoms with Crippen LogP contribution in [0.5, 0.6) is 0 Å². The molecule has 0 rings (SSSR count). The highest BCUT2D eigenvalue weighted by Gasteiger charge is 2.93. The van der Waals surface area contributed by atoms with Crippen molar-refractivity contribution in [2.45, 2.75) is 80.3 Å². The van der Waals surface area contributed by atoms with Gasteiger partial charge in [-0.3, -0.25) is 4.74 Å². The molecule has 2 nitrogen and oxygen atoms in total. The summed E-state index contributed by atoms with van der Waals surface area (Å²) >= 11 is 0. The van der Waals surface area contributed by atoms with Gasteiger partial charge in [-0.05, 0) is 13.3 Å². The Hall–Kier alpha value is -1.27. The lowest BCUT2D eigenvalue weighted by molar-refractivity contribution is -0.475. The van der Waals surface area contributed by atoms with Crippen LogP contribution in [0.2, 0.25) is 0 Å². The summed E-state index contributed by atoms with van der Waals surface area (Å²) in [6, 6.07) is 0. The van der Waals surface area contributed by atoms with Gasteiger partial charge in [0.2, 0.25) is 0 Å². The van der Waals surface area contributed by atoms with E-state index in [-0.39, 0.29) is 6.92 Å². The largest absolute Gasteiger partial charge is 0.428 e. The number of alkyl halides is 17. The van der Waals surface area contributed by atoms with Crippen LogP contribution in [0.15, 0.2) is 0 Å². The number of aliphatic hydroxyl groups excluding tert-OH is 1. The molecule has 0 fully saturated rings. The summed E-state index contributed by atoms with van der Waals surface area (Å²) < 4.78 is 225. The molecule has 0 spiro atoms. The van der Waals surface area contributed by atoms with E-state index in [2.05, 4.69) is 4.74 Å². The Bertz CT molecular complexity index is 637. The van der Waals surface area contributed by atoms with Gasteiger partial charge in [-0.15, -0.1) is 0 Å². The molecule has 0 aliphatic carbocycles. The summed E-state index contributed by atoms with van der Waals surface area (Å²) in [5.74, 6) is -47.0. The summed E-state index contributed by atoms with van der Waals surface area (Å²) in [5, 5.41) is 8.34. The molecule has 32 heavy (non-hydrogen) atoms. The first-order chi connectivity index (χ1) is 13.6. The van der Waals surface area contributed by atoms with Crippen LogP contribution in [0, 0.1) is 0 Å². The highest BCUT2D eigenvalue weighted by Crippen LogP contribution is 2.62. The molecule has 1 unspecified atom stereocenters. The highest BCUT2D eigenvalue weighted by molar-refractivity contribution is 5.13. The Morgan fingerprint density at radius 3 is 1.25 bits per heavy atom. The van der Waals surface area contributed by atoms with Crippen molar-refractivity contribution in [2.75, 3.05) is 0 Å². The first-order valence-electron chi connectivity index (χ1n) is 7.70. The fraction of sp³-hybridized carbons (Fsp3) is 1.00. The maximum atomic E-state index is 13.5. The van der Waals surface area contributed by atoms with Crippen LogP contribution in [-0.2, 0) is 4.74 Å². The third-order valence-corrected chi connectivity index (χ3v) is 3.67. The Kier molecular flexibility index (Phi) is 8.16. The zero-order valence-electron chi connectivity index (χ0n) is 15.0. The van der Waals surface area contributed by atoms with Crippen molar-refractivity contribution < 1.29 is 84.5 Å². The maximum absolute atomic E-state index is 13.5. The standard InChI is InChI=1S/C13H11F17O2/c1-5(31)32-13(29,30)12(27,28)11(25,26)10(23,24)9(21,22)8(19,20)6(14,15)3-2-4-7(16,17)18/h5,31H,2-4H2,1H3. The quantitative estimate of drug-likeness (QED) is 0.249. The minimum Gasteiger partial charge on any atom is -0.368 e. The van der Waals surface area contributed by atoms with Gasteiger partial charge in [0.05, 0.1) is 0 Å². The van der Waals surface area contributed by atoms with Gasteiger partial charge in [0.1, 0.15) is 0 Å². The van der Waals surface area contributed by atoms with Crippen LogP contribution in [0.1, 0.15) is 26.2 Å².